The summed E-state index contributed by atoms with van der Waals surface area (Å²) < 4.78 is 28.0. The van der Waals surface area contributed by atoms with Crippen molar-refractivity contribution in [3.05, 3.63) is 29.3 Å². The van der Waals surface area contributed by atoms with Gasteiger partial charge in [-0.05, 0) is 11.4 Å². The van der Waals surface area contributed by atoms with Gasteiger partial charge >= 0.3 is 0 Å². The third-order valence-corrected chi connectivity index (χ3v) is 5.05. The van der Waals surface area contributed by atoms with E-state index in [2.05, 4.69) is 15.0 Å². The fourth-order valence-electron chi connectivity index (χ4n) is 1.39. The monoisotopic (exact) mass is 301 g/mol. The van der Waals surface area contributed by atoms with Crippen molar-refractivity contribution in [1.29, 1.82) is 0 Å². The van der Waals surface area contributed by atoms with E-state index in [0.29, 0.717) is 0 Å². The molecule has 0 aliphatic carbocycles. The van der Waals surface area contributed by atoms with Gasteiger partial charge in [0.15, 0.2) is 5.84 Å². The maximum atomic E-state index is 12.1. The van der Waals surface area contributed by atoms with E-state index in [-0.39, 0.29) is 21.4 Å². The lowest BCUT2D eigenvalue weighted by Crippen LogP contribution is -2.19. The Hall–Kier alpha value is -2.07. The Balaban J connectivity index is 2.42. The SMILES string of the molecule is Cn1ncc(C(N)=NO)c1NS(=O)(=O)c1cccs1. The van der Waals surface area contributed by atoms with E-state index < -0.39 is 10.0 Å². The van der Waals surface area contributed by atoms with Crippen LogP contribution in [-0.4, -0.2) is 29.2 Å². The number of amidine groups is 1. The average molecular weight is 301 g/mol. The van der Waals surface area contributed by atoms with Crippen LogP contribution in [0.4, 0.5) is 5.82 Å². The number of nitrogens with zero attached hydrogens (tertiary/aromatic N) is 3. The van der Waals surface area contributed by atoms with E-state index in [1.807, 2.05) is 0 Å². The maximum Gasteiger partial charge on any atom is 0.272 e. The second-order valence-electron chi connectivity index (χ2n) is 3.55. The summed E-state index contributed by atoms with van der Waals surface area (Å²) in [4.78, 5) is 0. The van der Waals surface area contributed by atoms with E-state index in [0.717, 1.165) is 11.3 Å². The van der Waals surface area contributed by atoms with Crippen LogP contribution >= 0.6 is 11.3 Å². The minimum Gasteiger partial charge on any atom is -0.409 e. The highest BCUT2D eigenvalue weighted by molar-refractivity contribution is 7.94. The third kappa shape index (κ3) is 2.53. The molecular formula is C9H11N5O3S2. The number of aromatic nitrogens is 2. The summed E-state index contributed by atoms with van der Waals surface area (Å²) in [7, 11) is -2.17. The van der Waals surface area contributed by atoms with E-state index in [1.165, 1.54) is 16.9 Å². The molecule has 8 nitrogen and oxygen atoms in total. The number of hydrogen-bond acceptors (Lipinski definition) is 6. The number of aryl methyl sites for hydroxylation is 1. The van der Waals surface area contributed by atoms with Gasteiger partial charge in [0.25, 0.3) is 10.0 Å². The van der Waals surface area contributed by atoms with Gasteiger partial charge in [-0.2, -0.15) is 5.10 Å². The molecule has 0 spiro atoms. The summed E-state index contributed by atoms with van der Waals surface area (Å²) in [5, 5.41) is 17.0. The number of rotatable bonds is 4. The van der Waals surface area contributed by atoms with Crippen molar-refractivity contribution < 1.29 is 13.6 Å². The zero-order valence-electron chi connectivity index (χ0n) is 9.81. The number of hydrogen-bond donors (Lipinski definition) is 3. The average Bonchev–Trinajstić information content (AvgIpc) is 3.00. The van der Waals surface area contributed by atoms with Gasteiger partial charge in [-0.15, -0.1) is 11.3 Å². The molecule has 102 valence electrons. The van der Waals surface area contributed by atoms with E-state index in [1.54, 1.807) is 18.5 Å². The first-order chi connectivity index (χ1) is 8.95. The lowest BCUT2D eigenvalue weighted by molar-refractivity contribution is 0.318. The summed E-state index contributed by atoms with van der Waals surface area (Å²) >= 11 is 1.09. The molecule has 0 atom stereocenters. The molecule has 0 unspecified atom stereocenters. The van der Waals surface area contributed by atoms with Crippen LogP contribution in [0.5, 0.6) is 0 Å². The normalized spacial score (nSPS) is 12.6. The first-order valence-corrected chi connectivity index (χ1v) is 7.38. The summed E-state index contributed by atoms with van der Waals surface area (Å²) in [6.45, 7) is 0. The Morgan fingerprint density at radius 1 is 1.63 bits per heavy atom. The number of thiophene rings is 1. The van der Waals surface area contributed by atoms with Gasteiger partial charge in [-0.25, -0.2) is 8.42 Å². The molecule has 10 heteroatoms. The third-order valence-electron chi connectivity index (χ3n) is 2.31. The van der Waals surface area contributed by atoms with Gasteiger partial charge in [0.1, 0.15) is 10.0 Å². The smallest absolute Gasteiger partial charge is 0.272 e. The van der Waals surface area contributed by atoms with Crippen LogP contribution in [0.1, 0.15) is 5.56 Å². The highest BCUT2D eigenvalue weighted by Gasteiger charge is 2.21. The maximum absolute atomic E-state index is 12.1. The fraction of sp³-hybridized carbons (Fsp3) is 0.111. The summed E-state index contributed by atoms with van der Waals surface area (Å²) in [6, 6.07) is 3.11. The standard InChI is InChI=1S/C9H11N5O3S2/c1-14-9(6(5-11-14)8(10)12-15)13-19(16,17)7-3-2-4-18-7/h2-5,13,15H,1H3,(H2,10,12). The van der Waals surface area contributed by atoms with Gasteiger partial charge in [0.2, 0.25) is 0 Å². The molecule has 0 fully saturated rings. The quantitative estimate of drug-likeness (QED) is 0.326. The number of sulfonamides is 1. The van der Waals surface area contributed by atoms with Crippen LogP contribution in [-0.2, 0) is 17.1 Å². The molecule has 0 amide bonds. The largest absolute Gasteiger partial charge is 0.409 e. The number of oxime groups is 1. The van der Waals surface area contributed by atoms with Crippen molar-refractivity contribution in [1.82, 2.24) is 9.78 Å². The van der Waals surface area contributed by atoms with Gasteiger partial charge < -0.3 is 10.9 Å². The molecule has 19 heavy (non-hydrogen) atoms. The van der Waals surface area contributed by atoms with Gasteiger partial charge in [-0.1, -0.05) is 11.2 Å². The van der Waals surface area contributed by atoms with E-state index in [4.69, 9.17) is 10.9 Å². The molecule has 0 radical (unpaired) electrons. The molecule has 0 saturated carbocycles. The Labute approximate surface area is 113 Å². The van der Waals surface area contributed by atoms with Crippen LogP contribution in [0.15, 0.2) is 33.1 Å². The van der Waals surface area contributed by atoms with Crippen LogP contribution < -0.4 is 10.5 Å². The summed E-state index contributed by atoms with van der Waals surface area (Å²) in [5.41, 5.74) is 5.66. The van der Waals surface area contributed by atoms with Crippen LogP contribution in [0, 0.1) is 0 Å². The van der Waals surface area contributed by atoms with Crippen molar-refractivity contribution >= 4 is 33.0 Å². The second kappa shape index (κ2) is 4.90. The van der Waals surface area contributed by atoms with Gasteiger partial charge in [0, 0.05) is 7.05 Å². The van der Waals surface area contributed by atoms with Gasteiger partial charge in [0.05, 0.1) is 11.8 Å². The minimum atomic E-state index is -3.71. The predicted molar refractivity (Wildman–Crippen MR) is 70.8 cm³/mol. The van der Waals surface area contributed by atoms with Crippen molar-refractivity contribution in [2.24, 2.45) is 17.9 Å². The Morgan fingerprint density at radius 3 is 2.95 bits per heavy atom. The van der Waals surface area contributed by atoms with Crippen molar-refractivity contribution in [2.75, 3.05) is 4.72 Å². The molecule has 0 bridgehead atoms. The topological polar surface area (TPSA) is 123 Å². The molecule has 2 rings (SSSR count). The van der Waals surface area contributed by atoms with Crippen molar-refractivity contribution in [2.45, 2.75) is 4.21 Å². The highest BCUT2D eigenvalue weighted by Crippen LogP contribution is 2.22. The van der Waals surface area contributed by atoms with Crippen molar-refractivity contribution in [3.63, 3.8) is 0 Å². The van der Waals surface area contributed by atoms with Crippen molar-refractivity contribution in [3.8, 4) is 0 Å². The molecule has 2 aromatic heterocycles. The molecule has 0 aliphatic rings. The number of nitrogens with one attached hydrogen (secondary N) is 1. The zero-order chi connectivity index (χ0) is 14.0. The first-order valence-electron chi connectivity index (χ1n) is 5.02. The predicted octanol–water partition coefficient (Wildman–Crippen LogP) is 0.377. The molecule has 2 aromatic rings. The Morgan fingerprint density at radius 2 is 2.37 bits per heavy atom. The number of nitrogens with two attached hydrogens (primary N) is 1. The lowest BCUT2D eigenvalue weighted by atomic mass is 10.3. The molecule has 2 heterocycles. The fourth-order valence-corrected chi connectivity index (χ4v) is 3.50. The Bertz CT molecular complexity index is 702. The van der Waals surface area contributed by atoms with Gasteiger partial charge in [-0.3, -0.25) is 9.40 Å². The highest BCUT2D eigenvalue weighted by atomic mass is 32.2. The molecule has 0 aromatic carbocycles. The first kappa shape index (κ1) is 13.4. The van der Waals surface area contributed by atoms with Crippen LogP contribution in [0.2, 0.25) is 0 Å². The van der Waals surface area contributed by atoms with E-state index in [9.17, 15) is 8.42 Å². The van der Waals surface area contributed by atoms with Crippen LogP contribution in [0.3, 0.4) is 0 Å². The zero-order valence-corrected chi connectivity index (χ0v) is 11.4. The molecular weight excluding hydrogens is 290 g/mol. The minimum absolute atomic E-state index is 0.128. The molecule has 0 aliphatic heterocycles. The molecule has 4 N–H and O–H groups in total. The van der Waals surface area contributed by atoms with Crippen LogP contribution in [0.25, 0.3) is 0 Å². The lowest BCUT2D eigenvalue weighted by Gasteiger charge is -2.08. The number of anilines is 1. The second-order valence-corrected chi connectivity index (χ2v) is 6.41. The van der Waals surface area contributed by atoms with E-state index >= 15 is 0 Å². The Kier molecular flexibility index (Phi) is 3.44. The molecule has 0 saturated heterocycles. The summed E-state index contributed by atoms with van der Waals surface area (Å²) in [5.74, 6) is -0.0966. The summed E-state index contributed by atoms with van der Waals surface area (Å²) in [6.07, 6.45) is 1.31.